The van der Waals surface area contributed by atoms with Crippen molar-refractivity contribution in [3.8, 4) is 5.75 Å². The molecule has 0 bridgehead atoms. The Bertz CT molecular complexity index is 982. The number of hydrogen-bond donors (Lipinski definition) is 0. The summed E-state index contributed by atoms with van der Waals surface area (Å²) in [5.74, 6) is -14.2. The van der Waals surface area contributed by atoms with E-state index in [0.29, 0.717) is 10.5 Å². The number of carbonyl (C=O) groups is 2. The van der Waals surface area contributed by atoms with Crippen molar-refractivity contribution in [3.05, 3.63) is 58.4 Å². The van der Waals surface area contributed by atoms with Gasteiger partial charge in [-0.2, -0.15) is 0 Å². The van der Waals surface area contributed by atoms with E-state index in [1.54, 1.807) is 6.07 Å². The van der Waals surface area contributed by atoms with E-state index >= 15 is 0 Å². The Labute approximate surface area is 158 Å². The Morgan fingerprint density at radius 1 is 1.07 bits per heavy atom. The Morgan fingerprint density at radius 2 is 1.63 bits per heavy atom. The third-order valence-corrected chi connectivity index (χ3v) is 4.41. The van der Waals surface area contributed by atoms with E-state index in [1.807, 2.05) is 0 Å². The molecular weight excluding hydrogens is 462 g/mol. The first-order valence-electron chi connectivity index (χ1n) is 7.32. The molecule has 0 N–H and O–H groups in total. The van der Waals surface area contributed by atoms with Gasteiger partial charge in [0.15, 0.2) is 0 Å². The van der Waals surface area contributed by atoms with E-state index < -0.39 is 52.6 Å². The van der Waals surface area contributed by atoms with Crippen LogP contribution in [0.15, 0.2) is 18.2 Å². The van der Waals surface area contributed by atoms with Crippen molar-refractivity contribution in [2.45, 2.75) is 13.0 Å². The molecule has 0 saturated heterocycles. The Balaban J connectivity index is 2.25. The number of imide groups is 1. The number of fused-ring (bicyclic) bond motifs is 1. The number of para-hydroxylation sites is 1. The normalized spacial score (nSPS) is 16.0. The minimum atomic E-state index is -2.40. The molecule has 1 heterocycles. The molecule has 0 aliphatic carbocycles. The third kappa shape index (κ3) is 2.88. The zero-order valence-electron chi connectivity index (χ0n) is 13.3. The van der Waals surface area contributed by atoms with Gasteiger partial charge in [-0.3, -0.25) is 0 Å². The van der Waals surface area contributed by atoms with Gasteiger partial charge in [0.25, 0.3) is 0 Å². The van der Waals surface area contributed by atoms with Gasteiger partial charge >= 0.3 is 158 Å². The van der Waals surface area contributed by atoms with Crippen LogP contribution in [0.1, 0.15) is 22.8 Å². The number of anilines is 1. The maximum atomic E-state index is 14.0. The van der Waals surface area contributed by atoms with E-state index in [9.17, 15) is 31.5 Å². The van der Waals surface area contributed by atoms with Crippen LogP contribution in [-0.2, 0) is 22.6 Å². The van der Waals surface area contributed by atoms with Crippen LogP contribution in [0.3, 0.4) is 0 Å². The van der Waals surface area contributed by atoms with Crippen LogP contribution in [0.25, 0.3) is 0 Å². The first-order valence-corrected chi connectivity index (χ1v) is 8.32. The summed E-state index contributed by atoms with van der Waals surface area (Å²) in [6, 6.07) is 4.27. The molecular formula is C17H8F5NO3Ru+. The van der Waals surface area contributed by atoms with Gasteiger partial charge in [-0.15, -0.1) is 0 Å². The van der Waals surface area contributed by atoms with Gasteiger partial charge < -0.3 is 0 Å². The summed E-state index contributed by atoms with van der Waals surface area (Å²) in [6.45, 7) is 1.28. The minimum absolute atomic E-state index is 0.0559. The Hall–Kier alpha value is -2.48. The Kier molecular flexibility index (Phi) is 4.94. The van der Waals surface area contributed by atoms with Crippen molar-refractivity contribution in [1.82, 2.24) is 0 Å². The molecule has 1 unspecified atom stereocenters. The summed E-state index contributed by atoms with van der Waals surface area (Å²) in [5.41, 5.74) is -1.45. The average Bonchev–Trinajstić information content (AvgIpc) is 2.65. The van der Waals surface area contributed by atoms with Gasteiger partial charge in [0.2, 0.25) is 0 Å². The van der Waals surface area contributed by atoms with Gasteiger partial charge in [0, 0.05) is 0 Å². The summed E-state index contributed by atoms with van der Waals surface area (Å²) >= 11 is 2.18. The van der Waals surface area contributed by atoms with E-state index in [2.05, 4.69) is 17.9 Å². The number of benzene rings is 2. The van der Waals surface area contributed by atoms with Crippen LogP contribution in [0.2, 0.25) is 0 Å². The fourth-order valence-corrected chi connectivity index (χ4v) is 2.96. The van der Waals surface area contributed by atoms with Crippen LogP contribution in [0, 0.1) is 29.1 Å². The molecule has 4 nitrogen and oxygen atoms in total. The first-order chi connectivity index (χ1) is 12.7. The average molecular weight is 470 g/mol. The first kappa shape index (κ1) is 19.3. The van der Waals surface area contributed by atoms with Crippen LogP contribution in [0.5, 0.6) is 5.75 Å². The van der Waals surface area contributed by atoms with Gasteiger partial charge in [0.1, 0.15) is 0 Å². The van der Waals surface area contributed by atoms with Crippen molar-refractivity contribution >= 4 is 22.1 Å². The van der Waals surface area contributed by atoms with Crippen molar-refractivity contribution in [2.75, 3.05) is 4.90 Å². The molecule has 2 aromatic carbocycles. The van der Waals surface area contributed by atoms with Crippen molar-refractivity contribution < 1.29 is 54.1 Å². The predicted octanol–water partition coefficient (Wildman–Crippen LogP) is 3.03. The number of amides is 2. The standard InChI is InChI=1S/C17H8F5NO3.Ru/c1-6-4-3-5-8-15(6)26-7(2)16(24)23(8)17(25)9-10(18)12(20)14(22)13(21)11(9)19;/h1,3-5,7H,2H3;/q;+1. The molecule has 1 atom stereocenters. The van der Waals surface area contributed by atoms with E-state index in [-0.39, 0.29) is 11.4 Å². The maximum absolute atomic E-state index is 14.0. The fraction of sp³-hybridized carbons (Fsp3) is 0.118. The summed E-state index contributed by atoms with van der Waals surface area (Å²) in [7, 11) is 0. The van der Waals surface area contributed by atoms with Crippen molar-refractivity contribution in [3.63, 3.8) is 0 Å². The molecule has 141 valence electrons. The molecule has 3 rings (SSSR count). The van der Waals surface area contributed by atoms with Crippen LogP contribution in [0.4, 0.5) is 27.6 Å². The molecule has 2 amide bonds. The summed E-state index contributed by atoms with van der Waals surface area (Å²) in [4.78, 5) is 25.4. The van der Waals surface area contributed by atoms with Gasteiger partial charge in [0.05, 0.1) is 0 Å². The van der Waals surface area contributed by atoms with Crippen molar-refractivity contribution in [1.29, 1.82) is 0 Å². The van der Waals surface area contributed by atoms with Crippen LogP contribution < -0.4 is 9.64 Å². The van der Waals surface area contributed by atoms with Crippen molar-refractivity contribution in [2.24, 2.45) is 0 Å². The second-order valence-electron chi connectivity index (χ2n) is 5.48. The van der Waals surface area contributed by atoms with Gasteiger partial charge in [-0.1, -0.05) is 0 Å². The molecule has 1 aliphatic rings. The third-order valence-electron chi connectivity index (χ3n) is 3.87. The number of ether oxygens (including phenoxy) is 1. The fourth-order valence-electron chi connectivity index (χ4n) is 2.57. The molecule has 2 aromatic rings. The summed E-state index contributed by atoms with van der Waals surface area (Å²) < 4.78 is 75.2. The second-order valence-corrected chi connectivity index (χ2v) is 5.98. The van der Waals surface area contributed by atoms with Gasteiger partial charge in [-0.05, 0) is 0 Å². The van der Waals surface area contributed by atoms with E-state index in [4.69, 9.17) is 4.74 Å². The van der Waals surface area contributed by atoms with Crippen LogP contribution in [-0.4, -0.2) is 22.5 Å². The summed E-state index contributed by atoms with van der Waals surface area (Å²) in [5, 5.41) is 0. The number of carbonyl (C=O) groups excluding carboxylic acids is 2. The molecule has 1 aliphatic heterocycles. The van der Waals surface area contributed by atoms with E-state index in [0.717, 1.165) is 0 Å². The topological polar surface area (TPSA) is 46.6 Å². The zero-order chi connectivity index (χ0) is 20.0. The molecule has 0 aromatic heterocycles. The SMILES string of the molecule is CC1Oc2c([CH]=[Ru+])cccc2N(C(=O)c2c(F)c(F)c(F)c(F)c2F)C1=O. The summed E-state index contributed by atoms with van der Waals surface area (Å²) in [6.07, 6.45) is -1.23. The second kappa shape index (κ2) is 6.92. The van der Waals surface area contributed by atoms with Crippen LogP contribution >= 0.6 is 0 Å². The molecule has 10 heteroatoms. The molecule has 0 fully saturated rings. The predicted molar refractivity (Wildman–Crippen MR) is 79.7 cm³/mol. The molecule has 0 spiro atoms. The van der Waals surface area contributed by atoms with E-state index in [1.165, 1.54) is 23.7 Å². The number of rotatable bonds is 2. The molecule has 0 radical (unpaired) electrons. The zero-order valence-corrected chi connectivity index (χ0v) is 15.0. The quantitative estimate of drug-likeness (QED) is 0.223. The number of hydrogen-bond acceptors (Lipinski definition) is 3. The molecule has 0 saturated carbocycles. The monoisotopic (exact) mass is 471 g/mol. The Morgan fingerprint density at radius 3 is 2.19 bits per heavy atom. The van der Waals surface area contributed by atoms with Gasteiger partial charge in [-0.25, -0.2) is 0 Å². The number of nitrogens with zero attached hydrogens (tertiary/aromatic N) is 1. The number of halogens is 5. The molecule has 27 heavy (non-hydrogen) atoms.